The summed E-state index contributed by atoms with van der Waals surface area (Å²) in [4.78, 5) is 28.2. The quantitative estimate of drug-likeness (QED) is 0.807. The van der Waals surface area contributed by atoms with E-state index in [1.54, 1.807) is 23.3 Å². The Morgan fingerprint density at radius 1 is 1.55 bits per heavy atom. The van der Waals surface area contributed by atoms with Crippen LogP contribution in [-0.2, 0) is 11.3 Å². The summed E-state index contributed by atoms with van der Waals surface area (Å²) in [5.41, 5.74) is 0.879. The predicted molar refractivity (Wildman–Crippen MR) is 77.8 cm³/mol. The summed E-state index contributed by atoms with van der Waals surface area (Å²) in [6, 6.07) is -0.169. The number of amides is 2. The molecule has 0 aliphatic heterocycles. The van der Waals surface area contributed by atoms with E-state index in [-0.39, 0.29) is 18.4 Å². The van der Waals surface area contributed by atoms with Crippen LogP contribution < -0.4 is 5.32 Å². The van der Waals surface area contributed by atoms with Gasteiger partial charge in [-0.1, -0.05) is 6.92 Å². The highest BCUT2D eigenvalue weighted by Crippen LogP contribution is 2.10. The van der Waals surface area contributed by atoms with Crippen molar-refractivity contribution in [3.63, 3.8) is 0 Å². The van der Waals surface area contributed by atoms with E-state index in [0.717, 1.165) is 10.7 Å². The number of hydrogen-bond donors (Lipinski definition) is 2. The van der Waals surface area contributed by atoms with Gasteiger partial charge in [0.15, 0.2) is 0 Å². The standard InChI is InChI=1S/C13H21N3O3S/c1-9(4-5-12(17)18)6-14-13(19)16(3)7-11-8-20-10(2)15-11/h8-9H,4-7H2,1-3H3,(H,14,19)(H,17,18). The van der Waals surface area contributed by atoms with Gasteiger partial charge in [0.25, 0.3) is 0 Å². The third-order valence-electron chi connectivity index (χ3n) is 2.87. The summed E-state index contributed by atoms with van der Waals surface area (Å²) >= 11 is 1.56. The van der Waals surface area contributed by atoms with Crippen molar-refractivity contribution in [2.24, 2.45) is 5.92 Å². The first-order chi connectivity index (χ1) is 9.38. The summed E-state index contributed by atoms with van der Waals surface area (Å²) in [5, 5.41) is 14.3. The first-order valence-corrected chi connectivity index (χ1v) is 7.38. The van der Waals surface area contributed by atoms with Crippen LogP contribution in [0.3, 0.4) is 0 Å². The van der Waals surface area contributed by atoms with Gasteiger partial charge in [0.05, 0.1) is 17.2 Å². The van der Waals surface area contributed by atoms with Crippen molar-refractivity contribution in [2.45, 2.75) is 33.2 Å². The van der Waals surface area contributed by atoms with Crippen LogP contribution in [0.25, 0.3) is 0 Å². The molecule has 0 saturated heterocycles. The maximum atomic E-state index is 11.9. The van der Waals surface area contributed by atoms with Crippen molar-refractivity contribution >= 4 is 23.3 Å². The smallest absolute Gasteiger partial charge is 0.317 e. The fourth-order valence-corrected chi connectivity index (χ4v) is 2.27. The Hall–Kier alpha value is -1.63. The summed E-state index contributed by atoms with van der Waals surface area (Å²) in [7, 11) is 1.71. The number of carboxylic acid groups (broad SMARTS) is 1. The second-order valence-electron chi connectivity index (χ2n) is 4.94. The molecular weight excluding hydrogens is 278 g/mol. The average Bonchev–Trinajstić information content (AvgIpc) is 2.78. The molecule has 0 radical (unpaired) electrons. The lowest BCUT2D eigenvalue weighted by atomic mass is 10.1. The number of hydrogen-bond acceptors (Lipinski definition) is 4. The minimum absolute atomic E-state index is 0.130. The molecule has 7 heteroatoms. The van der Waals surface area contributed by atoms with Gasteiger partial charge in [-0.2, -0.15) is 0 Å². The van der Waals surface area contributed by atoms with Gasteiger partial charge in [-0.3, -0.25) is 4.79 Å². The van der Waals surface area contributed by atoms with Crippen molar-refractivity contribution in [2.75, 3.05) is 13.6 Å². The minimum atomic E-state index is -0.806. The van der Waals surface area contributed by atoms with Gasteiger partial charge in [0, 0.05) is 25.4 Å². The van der Waals surface area contributed by atoms with Gasteiger partial charge >= 0.3 is 12.0 Å². The molecule has 0 fully saturated rings. The second kappa shape index (κ2) is 7.84. The highest BCUT2D eigenvalue weighted by molar-refractivity contribution is 7.09. The maximum Gasteiger partial charge on any atom is 0.317 e. The molecule has 0 aliphatic rings. The molecule has 1 aromatic rings. The molecule has 0 spiro atoms. The largest absolute Gasteiger partial charge is 0.481 e. The Bertz CT molecular complexity index is 461. The van der Waals surface area contributed by atoms with Crippen molar-refractivity contribution in [3.8, 4) is 0 Å². The normalized spacial score (nSPS) is 11.9. The molecule has 1 rings (SSSR count). The molecule has 112 valence electrons. The fourth-order valence-electron chi connectivity index (χ4n) is 1.66. The summed E-state index contributed by atoms with van der Waals surface area (Å²) < 4.78 is 0. The first kappa shape index (κ1) is 16.4. The van der Waals surface area contributed by atoms with Crippen LogP contribution in [0.5, 0.6) is 0 Å². The Labute approximate surface area is 122 Å². The second-order valence-corrected chi connectivity index (χ2v) is 6.00. The van der Waals surface area contributed by atoms with E-state index >= 15 is 0 Å². The molecule has 1 unspecified atom stereocenters. The summed E-state index contributed by atoms with van der Waals surface area (Å²) in [6.07, 6.45) is 0.690. The molecule has 1 atom stereocenters. The molecular formula is C13H21N3O3S. The molecule has 2 amide bonds. The fraction of sp³-hybridized carbons (Fsp3) is 0.615. The van der Waals surface area contributed by atoms with Crippen LogP contribution in [0.15, 0.2) is 5.38 Å². The van der Waals surface area contributed by atoms with E-state index in [1.807, 2.05) is 19.2 Å². The predicted octanol–water partition coefficient (Wildman–Crippen LogP) is 2.09. The van der Waals surface area contributed by atoms with Crippen molar-refractivity contribution in [1.82, 2.24) is 15.2 Å². The van der Waals surface area contributed by atoms with Crippen LogP contribution in [0.4, 0.5) is 4.79 Å². The van der Waals surface area contributed by atoms with E-state index in [2.05, 4.69) is 10.3 Å². The van der Waals surface area contributed by atoms with E-state index in [9.17, 15) is 9.59 Å². The van der Waals surface area contributed by atoms with E-state index in [1.165, 1.54) is 0 Å². The third kappa shape index (κ3) is 6.01. The molecule has 1 heterocycles. The molecule has 6 nitrogen and oxygen atoms in total. The number of aliphatic carboxylic acids is 1. The SMILES string of the molecule is Cc1nc(CN(C)C(=O)NCC(C)CCC(=O)O)cs1. The number of carboxylic acids is 1. The molecule has 2 N–H and O–H groups in total. The molecule has 20 heavy (non-hydrogen) atoms. The van der Waals surface area contributed by atoms with Crippen molar-refractivity contribution in [3.05, 3.63) is 16.1 Å². The maximum absolute atomic E-state index is 11.9. The Balaban J connectivity index is 2.29. The number of urea groups is 1. The number of carbonyl (C=O) groups is 2. The summed E-state index contributed by atoms with van der Waals surface area (Å²) in [5.74, 6) is -0.663. The number of nitrogens with one attached hydrogen (secondary N) is 1. The highest BCUT2D eigenvalue weighted by Gasteiger charge is 2.12. The average molecular weight is 299 g/mol. The highest BCUT2D eigenvalue weighted by atomic mass is 32.1. The van der Waals surface area contributed by atoms with Crippen molar-refractivity contribution < 1.29 is 14.7 Å². The zero-order chi connectivity index (χ0) is 15.1. The monoisotopic (exact) mass is 299 g/mol. The van der Waals surface area contributed by atoms with Gasteiger partial charge in [-0.05, 0) is 19.3 Å². The van der Waals surface area contributed by atoms with Crippen LogP contribution in [-0.4, -0.2) is 40.6 Å². The van der Waals surface area contributed by atoms with E-state index < -0.39 is 5.97 Å². The number of carbonyl (C=O) groups excluding carboxylic acids is 1. The topological polar surface area (TPSA) is 82.5 Å². The first-order valence-electron chi connectivity index (χ1n) is 6.50. The van der Waals surface area contributed by atoms with Gasteiger partial charge in [-0.15, -0.1) is 11.3 Å². The zero-order valence-electron chi connectivity index (χ0n) is 12.0. The molecule has 0 saturated carbocycles. The Kier molecular flexibility index (Phi) is 6.44. The van der Waals surface area contributed by atoms with E-state index in [4.69, 9.17) is 5.11 Å². The van der Waals surface area contributed by atoms with Crippen LogP contribution in [0.2, 0.25) is 0 Å². The summed E-state index contributed by atoms with van der Waals surface area (Å²) in [6.45, 7) is 4.80. The lowest BCUT2D eigenvalue weighted by Gasteiger charge is -2.18. The molecule has 0 aliphatic carbocycles. The molecule has 0 aromatic carbocycles. The number of aromatic nitrogens is 1. The minimum Gasteiger partial charge on any atom is -0.481 e. The van der Waals surface area contributed by atoms with Gasteiger partial charge in [0.2, 0.25) is 0 Å². The number of thiazole rings is 1. The van der Waals surface area contributed by atoms with Gasteiger partial charge in [0.1, 0.15) is 0 Å². The van der Waals surface area contributed by atoms with Crippen LogP contribution >= 0.6 is 11.3 Å². The van der Waals surface area contributed by atoms with Gasteiger partial charge < -0.3 is 15.3 Å². The third-order valence-corrected chi connectivity index (χ3v) is 3.69. The molecule has 1 aromatic heterocycles. The van der Waals surface area contributed by atoms with Crippen LogP contribution in [0, 0.1) is 12.8 Å². The number of nitrogens with zero attached hydrogens (tertiary/aromatic N) is 2. The lowest BCUT2D eigenvalue weighted by molar-refractivity contribution is -0.137. The number of rotatable bonds is 7. The van der Waals surface area contributed by atoms with Crippen LogP contribution in [0.1, 0.15) is 30.5 Å². The molecule has 0 bridgehead atoms. The Morgan fingerprint density at radius 2 is 2.25 bits per heavy atom. The van der Waals surface area contributed by atoms with Crippen molar-refractivity contribution in [1.29, 1.82) is 0 Å². The Morgan fingerprint density at radius 3 is 2.80 bits per heavy atom. The number of aryl methyl sites for hydroxylation is 1. The zero-order valence-corrected chi connectivity index (χ0v) is 12.9. The van der Waals surface area contributed by atoms with E-state index in [0.29, 0.717) is 19.5 Å². The lowest BCUT2D eigenvalue weighted by Crippen LogP contribution is -2.39. The van der Waals surface area contributed by atoms with Gasteiger partial charge in [-0.25, -0.2) is 9.78 Å².